The van der Waals surface area contributed by atoms with Crippen LogP contribution in [0.1, 0.15) is 46.5 Å². The fraction of sp³-hybridized carbons (Fsp3) is 1.00. The van der Waals surface area contributed by atoms with E-state index in [0.29, 0.717) is 28.9 Å². The van der Waals surface area contributed by atoms with Gasteiger partial charge in [0, 0.05) is 18.6 Å². The molecule has 0 aromatic heterocycles. The van der Waals surface area contributed by atoms with Gasteiger partial charge in [-0.3, -0.25) is 0 Å². The third kappa shape index (κ3) is 4.67. The molecule has 21 heavy (non-hydrogen) atoms. The lowest BCUT2D eigenvalue weighted by molar-refractivity contribution is 0.0982. The van der Waals surface area contributed by atoms with E-state index >= 15 is 0 Å². The Morgan fingerprint density at radius 3 is 2.57 bits per heavy atom. The first-order valence-electron chi connectivity index (χ1n) is 8.36. The summed E-state index contributed by atoms with van der Waals surface area (Å²) in [7, 11) is -0.678. The lowest BCUT2D eigenvalue weighted by atomic mass is 9.69. The van der Waals surface area contributed by atoms with Crippen LogP contribution in [0.3, 0.4) is 0 Å². The van der Waals surface area contributed by atoms with Gasteiger partial charge in [0.15, 0.2) is 9.84 Å². The van der Waals surface area contributed by atoms with Crippen LogP contribution in [-0.4, -0.2) is 57.0 Å². The van der Waals surface area contributed by atoms with E-state index < -0.39 is 9.84 Å². The lowest BCUT2D eigenvalue weighted by Gasteiger charge is -2.43. The molecule has 1 heterocycles. The minimum atomic E-state index is -2.79. The smallest absolute Gasteiger partial charge is 0.151 e. The highest BCUT2D eigenvalue weighted by Gasteiger charge is 2.37. The van der Waals surface area contributed by atoms with Crippen molar-refractivity contribution in [3.05, 3.63) is 0 Å². The molecule has 3 unspecified atom stereocenters. The standard InChI is InChI=1S/C16H32N2O2S/c1-5-17-15-6-8-16(2,3)10-13(15)11-18(4)14-7-9-21(19,20)12-14/h13-15,17H,5-12H2,1-4H3. The molecule has 0 aromatic carbocycles. The van der Waals surface area contributed by atoms with Crippen LogP contribution in [0, 0.1) is 11.3 Å². The molecule has 3 atom stereocenters. The SMILES string of the molecule is CCNC1CCC(C)(C)CC1CN(C)C1CCS(=O)(=O)C1. The fourth-order valence-electron chi connectivity index (χ4n) is 4.10. The maximum absolute atomic E-state index is 11.7. The maximum Gasteiger partial charge on any atom is 0.151 e. The van der Waals surface area contributed by atoms with Crippen LogP contribution < -0.4 is 5.32 Å². The van der Waals surface area contributed by atoms with Gasteiger partial charge in [-0.25, -0.2) is 8.42 Å². The predicted molar refractivity (Wildman–Crippen MR) is 88.3 cm³/mol. The Morgan fingerprint density at radius 1 is 1.29 bits per heavy atom. The minimum Gasteiger partial charge on any atom is -0.314 e. The third-order valence-corrected chi connectivity index (χ3v) is 7.09. The second-order valence-electron chi connectivity index (χ2n) is 7.83. The highest BCUT2D eigenvalue weighted by Crippen LogP contribution is 2.39. The van der Waals surface area contributed by atoms with Gasteiger partial charge in [-0.2, -0.15) is 0 Å². The average Bonchev–Trinajstić information content (AvgIpc) is 2.73. The number of hydrogen-bond donors (Lipinski definition) is 1. The summed E-state index contributed by atoms with van der Waals surface area (Å²) in [4.78, 5) is 2.31. The topological polar surface area (TPSA) is 49.4 Å². The molecule has 0 aromatic rings. The summed E-state index contributed by atoms with van der Waals surface area (Å²) in [6.45, 7) is 8.93. The van der Waals surface area contributed by atoms with E-state index in [1.807, 2.05) is 0 Å². The molecule has 1 aliphatic carbocycles. The van der Waals surface area contributed by atoms with Crippen LogP contribution in [0.5, 0.6) is 0 Å². The molecule has 0 amide bonds. The highest BCUT2D eigenvalue weighted by molar-refractivity contribution is 7.91. The van der Waals surface area contributed by atoms with E-state index in [2.05, 4.69) is 38.0 Å². The highest BCUT2D eigenvalue weighted by atomic mass is 32.2. The molecule has 1 aliphatic heterocycles. The van der Waals surface area contributed by atoms with E-state index in [4.69, 9.17) is 0 Å². The van der Waals surface area contributed by atoms with Gasteiger partial charge in [0.05, 0.1) is 11.5 Å². The van der Waals surface area contributed by atoms with Crippen LogP contribution in [0.25, 0.3) is 0 Å². The van der Waals surface area contributed by atoms with Gasteiger partial charge < -0.3 is 10.2 Å². The average molecular weight is 317 g/mol. The first-order chi connectivity index (χ1) is 9.72. The number of nitrogens with one attached hydrogen (secondary N) is 1. The van der Waals surface area contributed by atoms with E-state index in [9.17, 15) is 8.42 Å². The van der Waals surface area contributed by atoms with Gasteiger partial charge in [0.1, 0.15) is 0 Å². The summed E-state index contributed by atoms with van der Waals surface area (Å²) in [6.07, 6.45) is 4.56. The molecule has 0 radical (unpaired) electrons. The zero-order valence-electron chi connectivity index (χ0n) is 14.1. The Balaban J connectivity index is 1.97. The number of nitrogens with zero attached hydrogens (tertiary/aromatic N) is 1. The monoisotopic (exact) mass is 316 g/mol. The molecule has 2 aliphatic rings. The molecule has 2 rings (SSSR count). The van der Waals surface area contributed by atoms with Crippen LogP contribution >= 0.6 is 0 Å². The summed E-state index contributed by atoms with van der Waals surface area (Å²) in [6, 6.07) is 0.811. The largest absolute Gasteiger partial charge is 0.314 e. The van der Waals surface area contributed by atoms with Gasteiger partial charge in [-0.05, 0) is 50.6 Å². The molecule has 1 N–H and O–H groups in total. The molecule has 2 fully saturated rings. The molecular formula is C16H32N2O2S. The fourth-order valence-corrected chi connectivity index (χ4v) is 5.91. The summed E-state index contributed by atoms with van der Waals surface area (Å²) in [5.74, 6) is 1.35. The van der Waals surface area contributed by atoms with Crippen molar-refractivity contribution in [1.82, 2.24) is 10.2 Å². The van der Waals surface area contributed by atoms with E-state index in [0.717, 1.165) is 19.5 Å². The molecule has 1 saturated heterocycles. The summed E-state index contributed by atoms with van der Waals surface area (Å²) in [5.41, 5.74) is 0.416. The van der Waals surface area contributed by atoms with Gasteiger partial charge in [0.25, 0.3) is 0 Å². The van der Waals surface area contributed by atoms with Gasteiger partial charge in [-0.15, -0.1) is 0 Å². The number of rotatable bonds is 5. The maximum atomic E-state index is 11.7. The summed E-state index contributed by atoms with van der Waals surface area (Å²) in [5, 5.41) is 3.64. The molecular weight excluding hydrogens is 284 g/mol. The lowest BCUT2D eigenvalue weighted by Crippen LogP contribution is -2.48. The summed E-state index contributed by atoms with van der Waals surface area (Å²) >= 11 is 0. The van der Waals surface area contributed by atoms with Crippen LogP contribution in [0.15, 0.2) is 0 Å². The van der Waals surface area contributed by atoms with Crippen molar-refractivity contribution in [1.29, 1.82) is 0 Å². The van der Waals surface area contributed by atoms with Crippen molar-refractivity contribution in [3.8, 4) is 0 Å². The number of sulfone groups is 1. The Labute approximate surface area is 130 Å². The van der Waals surface area contributed by atoms with Crippen LogP contribution in [0.2, 0.25) is 0 Å². The van der Waals surface area contributed by atoms with Crippen molar-refractivity contribution in [2.75, 3.05) is 31.6 Å². The number of hydrogen-bond acceptors (Lipinski definition) is 4. The normalized spacial score (nSPS) is 35.2. The van der Waals surface area contributed by atoms with Crippen molar-refractivity contribution >= 4 is 9.84 Å². The zero-order chi connectivity index (χ0) is 15.7. The van der Waals surface area contributed by atoms with Crippen LogP contribution in [0.4, 0.5) is 0 Å². The molecule has 124 valence electrons. The predicted octanol–water partition coefficient (Wildman–Crippen LogP) is 1.91. The molecule has 4 nitrogen and oxygen atoms in total. The Bertz CT molecular complexity index is 447. The van der Waals surface area contributed by atoms with E-state index in [-0.39, 0.29) is 6.04 Å². The second-order valence-corrected chi connectivity index (χ2v) is 10.1. The van der Waals surface area contributed by atoms with E-state index in [1.165, 1.54) is 19.3 Å². The Kier molecular flexibility index (Phi) is 5.37. The minimum absolute atomic E-state index is 0.224. The van der Waals surface area contributed by atoms with Crippen LogP contribution in [-0.2, 0) is 9.84 Å². The van der Waals surface area contributed by atoms with E-state index in [1.54, 1.807) is 0 Å². The quantitative estimate of drug-likeness (QED) is 0.842. The first kappa shape index (κ1) is 17.2. The molecule has 0 spiro atoms. The van der Waals surface area contributed by atoms with Crippen molar-refractivity contribution < 1.29 is 8.42 Å². The van der Waals surface area contributed by atoms with Crippen molar-refractivity contribution in [2.45, 2.75) is 58.5 Å². The first-order valence-corrected chi connectivity index (χ1v) is 10.2. The summed E-state index contributed by atoms with van der Waals surface area (Å²) < 4.78 is 23.3. The second kappa shape index (κ2) is 6.55. The van der Waals surface area contributed by atoms with Gasteiger partial charge in [-0.1, -0.05) is 20.8 Å². The molecule has 1 saturated carbocycles. The van der Waals surface area contributed by atoms with Crippen molar-refractivity contribution in [2.24, 2.45) is 11.3 Å². The Hall–Kier alpha value is -0.130. The van der Waals surface area contributed by atoms with Gasteiger partial charge >= 0.3 is 0 Å². The molecule has 5 heteroatoms. The van der Waals surface area contributed by atoms with Gasteiger partial charge in [0.2, 0.25) is 0 Å². The molecule has 0 bridgehead atoms. The van der Waals surface area contributed by atoms with Crippen molar-refractivity contribution in [3.63, 3.8) is 0 Å². The third-order valence-electron chi connectivity index (χ3n) is 5.34. The Morgan fingerprint density at radius 2 is 2.00 bits per heavy atom. The zero-order valence-corrected chi connectivity index (χ0v) is 14.9.